The first kappa shape index (κ1) is 21.3. The van der Waals surface area contributed by atoms with Gasteiger partial charge in [-0.2, -0.15) is 13.2 Å². The molecule has 1 aliphatic rings. The Hall–Kier alpha value is -2.40. The monoisotopic (exact) mass is 401 g/mol. The summed E-state index contributed by atoms with van der Waals surface area (Å²) in [5.41, 5.74) is 1.22. The van der Waals surface area contributed by atoms with Crippen LogP contribution in [0, 0.1) is 0 Å². The molecule has 0 bridgehead atoms. The number of piperidine rings is 1. The van der Waals surface area contributed by atoms with E-state index in [4.69, 9.17) is 0 Å². The number of allylic oxidation sites excluding steroid dienone is 1. The molecule has 1 heterocycles. The van der Waals surface area contributed by atoms with Crippen LogP contribution in [0.4, 0.5) is 13.2 Å². The minimum Gasteiger partial charge on any atom is -0.300 e. The number of benzene rings is 2. The predicted molar refractivity (Wildman–Crippen MR) is 109 cm³/mol. The van der Waals surface area contributed by atoms with Crippen molar-refractivity contribution in [3.8, 4) is 0 Å². The van der Waals surface area contributed by atoms with Gasteiger partial charge >= 0.3 is 6.18 Å². The van der Waals surface area contributed by atoms with Gasteiger partial charge in [-0.05, 0) is 55.1 Å². The smallest absolute Gasteiger partial charge is 0.300 e. The zero-order valence-electron chi connectivity index (χ0n) is 16.4. The second-order valence-corrected chi connectivity index (χ2v) is 7.54. The first-order valence-electron chi connectivity index (χ1n) is 10.1. The van der Waals surface area contributed by atoms with E-state index in [9.17, 15) is 18.0 Å². The number of carbonyl (C=O) groups is 1. The molecule has 0 aliphatic carbocycles. The summed E-state index contributed by atoms with van der Waals surface area (Å²) in [5.74, 6) is -0.00562. The number of rotatable bonds is 7. The summed E-state index contributed by atoms with van der Waals surface area (Å²) in [5, 5.41) is 0. The first-order valence-corrected chi connectivity index (χ1v) is 10.1. The van der Waals surface area contributed by atoms with Crippen molar-refractivity contribution in [2.24, 2.45) is 0 Å². The third-order valence-electron chi connectivity index (χ3n) is 5.41. The largest absolute Gasteiger partial charge is 0.416 e. The van der Waals surface area contributed by atoms with E-state index in [1.807, 2.05) is 6.07 Å². The zero-order chi connectivity index (χ0) is 20.7. The maximum absolute atomic E-state index is 12.6. The van der Waals surface area contributed by atoms with Crippen molar-refractivity contribution in [1.29, 1.82) is 0 Å². The average molecular weight is 401 g/mol. The van der Waals surface area contributed by atoms with Crippen molar-refractivity contribution < 1.29 is 18.0 Å². The van der Waals surface area contributed by atoms with E-state index < -0.39 is 11.7 Å². The molecule has 2 aromatic carbocycles. The molecule has 0 saturated carbocycles. The molecular weight excluding hydrogens is 375 g/mol. The van der Waals surface area contributed by atoms with Gasteiger partial charge in [-0.25, -0.2) is 0 Å². The van der Waals surface area contributed by atoms with Crippen LogP contribution in [0.25, 0.3) is 6.08 Å². The lowest BCUT2D eigenvalue weighted by Crippen LogP contribution is -2.41. The summed E-state index contributed by atoms with van der Waals surface area (Å²) in [6, 6.07) is 15.7. The lowest BCUT2D eigenvalue weighted by Gasteiger charge is -2.35. The maximum atomic E-state index is 12.6. The van der Waals surface area contributed by atoms with Crippen molar-refractivity contribution in [1.82, 2.24) is 4.90 Å². The number of ketones is 1. The molecule has 3 rings (SSSR count). The standard InChI is InChI=1S/C24H26F3NO/c25-24(26,27)21-12-9-19(10-13-21)11-14-23(29)15-17-28-16-5-4-8-22(28)18-20-6-2-1-3-7-20/h1-3,6-7,9-14,22H,4-5,8,15-18H2. The fourth-order valence-corrected chi connectivity index (χ4v) is 3.78. The normalized spacial score (nSPS) is 18.2. The van der Waals surface area contributed by atoms with Crippen LogP contribution in [0.3, 0.4) is 0 Å². The summed E-state index contributed by atoms with van der Waals surface area (Å²) in [4.78, 5) is 14.7. The molecule has 0 aromatic heterocycles. The number of carbonyl (C=O) groups excluding carboxylic acids is 1. The molecule has 1 atom stereocenters. The van der Waals surface area contributed by atoms with E-state index in [2.05, 4.69) is 29.2 Å². The highest BCUT2D eigenvalue weighted by Crippen LogP contribution is 2.29. The number of nitrogens with zero attached hydrogens (tertiary/aromatic N) is 1. The Morgan fingerprint density at radius 1 is 1.03 bits per heavy atom. The van der Waals surface area contributed by atoms with Crippen LogP contribution in [-0.4, -0.2) is 29.8 Å². The van der Waals surface area contributed by atoms with E-state index in [1.165, 1.54) is 30.2 Å². The SMILES string of the molecule is O=C(C=Cc1ccc(C(F)(F)F)cc1)CCN1CCCCC1Cc1ccccc1. The van der Waals surface area contributed by atoms with Crippen molar-refractivity contribution >= 4 is 11.9 Å². The van der Waals surface area contributed by atoms with E-state index in [0.717, 1.165) is 37.9 Å². The van der Waals surface area contributed by atoms with Crippen molar-refractivity contribution in [2.75, 3.05) is 13.1 Å². The molecule has 2 aromatic rings. The van der Waals surface area contributed by atoms with Gasteiger partial charge in [-0.15, -0.1) is 0 Å². The topological polar surface area (TPSA) is 20.3 Å². The summed E-state index contributed by atoms with van der Waals surface area (Å²) in [7, 11) is 0. The number of hydrogen-bond donors (Lipinski definition) is 0. The minimum atomic E-state index is -4.34. The third-order valence-corrected chi connectivity index (χ3v) is 5.41. The Kier molecular flexibility index (Phi) is 7.26. The van der Waals surface area contributed by atoms with Gasteiger partial charge in [0.05, 0.1) is 5.56 Å². The van der Waals surface area contributed by atoms with E-state index in [1.54, 1.807) is 6.08 Å². The molecule has 1 fully saturated rings. The Morgan fingerprint density at radius 2 is 1.76 bits per heavy atom. The van der Waals surface area contributed by atoms with Crippen LogP contribution in [0.15, 0.2) is 60.7 Å². The van der Waals surface area contributed by atoms with Gasteiger partial charge in [-0.3, -0.25) is 9.69 Å². The highest BCUT2D eigenvalue weighted by molar-refractivity contribution is 5.93. The molecule has 0 amide bonds. The van der Waals surface area contributed by atoms with Crippen molar-refractivity contribution in [2.45, 2.75) is 44.3 Å². The average Bonchev–Trinajstić information content (AvgIpc) is 2.72. The maximum Gasteiger partial charge on any atom is 0.416 e. The van der Waals surface area contributed by atoms with Gasteiger partial charge < -0.3 is 0 Å². The van der Waals surface area contributed by atoms with Crippen molar-refractivity contribution in [3.05, 3.63) is 77.4 Å². The molecule has 1 unspecified atom stereocenters. The lowest BCUT2D eigenvalue weighted by molar-refractivity contribution is -0.137. The van der Waals surface area contributed by atoms with Crippen LogP contribution in [0.2, 0.25) is 0 Å². The van der Waals surface area contributed by atoms with Gasteiger partial charge in [0.1, 0.15) is 0 Å². The van der Waals surface area contributed by atoms with Gasteiger partial charge in [0.25, 0.3) is 0 Å². The summed E-state index contributed by atoms with van der Waals surface area (Å²) >= 11 is 0. The fraction of sp³-hybridized carbons (Fsp3) is 0.375. The van der Waals surface area contributed by atoms with E-state index in [0.29, 0.717) is 24.6 Å². The lowest BCUT2D eigenvalue weighted by atomic mass is 9.95. The summed E-state index contributed by atoms with van der Waals surface area (Å²) in [6.45, 7) is 1.72. The van der Waals surface area contributed by atoms with E-state index in [-0.39, 0.29) is 5.78 Å². The second-order valence-electron chi connectivity index (χ2n) is 7.54. The van der Waals surface area contributed by atoms with Gasteiger partial charge in [0.2, 0.25) is 0 Å². The Morgan fingerprint density at radius 3 is 2.45 bits per heavy atom. The Bertz CT molecular complexity index is 812. The van der Waals surface area contributed by atoms with Gasteiger partial charge in [-0.1, -0.05) is 55.0 Å². The predicted octanol–water partition coefficient (Wildman–Crippen LogP) is 5.78. The minimum absolute atomic E-state index is 0.00562. The van der Waals surface area contributed by atoms with Crippen LogP contribution in [0.5, 0.6) is 0 Å². The zero-order valence-corrected chi connectivity index (χ0v) is 16.4. The Labute approximate surface area is 170 Å². The molecule has 0 spiro atoms. The summed E-state index contributed by atoms with van der Waals surface area (Å²) < 4.78 is 37.8. The molecule has 0 radical (unpaired) electrons. The van der Waals surface area contributed by atoms with Crippen molar-refractivity contribution in [3.63, 3.8) is 0 Å². The van der Waals surface area contributed by atoms with Crippen LogP contribution in [-0.2, 0) is 17.4 Å². The number of likely N-dealkylation sites (tertiary alicyclic amines) is 1. The number of hydrogen-bond acceptors (Lipinski definition) is 2. The van der Waals surface area contributed by atoms with Crippen LogP contribution in [0.1, 0.15) is 42.4 Å². The first-order chi connectivity index (χ1) is 13.9. The molecular formula is C24H26F3NO. The number of halogens is 3. The quantitative estimate of drug-likeness (QED) is 0.549. The molecule has 154 valence electrons. The fourth-order valence-electron chi connectivity index (χ4n) is 3.78. The van der Waals surface area contributed by atoms with E-state index >= 15 is 0 Å². The second kappa shape index (κ2) is 9.88. The van der Waals surface area contributed by atoms with Gasteiger partial charge in [0.15, 0.2) is 5.78 Å². The highest BCUT2D eigenvalue weighted by Gasteiger charge is 2.29. The van der Waals surface area contributed by atoms with Gasteiger partial charge in [0, 0.05) is 19.0 Å². The molecule has 29 heavy (non-hydrogen) atoms. The highest BCUT2D eigenvalue weighted by atomic mass is 19.4. The van der Waals surface area contributed by atoms with Crippen LogP contribution >= 0.6 is 0 Å². The molecule has 1 aliphatic heterocycles. The van der Waals surface area contributed by atoms with Crippen LogP contribution < -0.4 is 0 Å². The molecule has 1 saturated heterocycles. The summed E-state index contributed by atoms with van der Waals surface area (Å²) in [6.07, 6.45) is 3.64. The third kappa shape index (κ3) is 6.57. The number of alkyl halides is 3. The molecule has 5 heteroatoms. The Balaban J connectivity index is 1.51. The molecule has 0 N–H and O–H groups in total. The molecule has 2 nitrogen and oxygen atoms in total.